The van der Waals surface area contributed by atoms with Gasteiger partial charge in [0.15, 0.2) is 0 Å². The van der Waals surface area contributed by atoms with Crippen LogP contribution in [0.5, 0.6) is 0 Å². The average molecular weight is 329 g/mol. The third-order valence-corrected chi connectivity index (χ3v) is 5.08. The van der Waals surface area contributed by atoms with Gasteiger partial charge in [-0.1, -0.05) is 30.3 Å². The van der Waals surface area contributed by atoms with Crippen LogP contribution < -0.4 is 5.32 Å². The first-order valence-electron chi connectivity index (χ1n) is 8.92. The number of nitrogens with zero attached hydrogens (tertiary/aromatic N) is 2. The van der Waals surface area contributed by atoms with Crippen LogP contribution in [0.4, 0.5) is 0 Å². The van der Waals surface area contributed by atoms with Gasteiger partial charge in [-0.2, -0.15) is 0 Å². The number of benzene rings is 1. The van der Waals surface area contributed by atoms with Gasteiger partial charge in [0.2, 0.25) is 11.8 Å². The monoisotopic (exact) mass is 329 g/mol. The number of rotatable bonds is 5. The number of hydrogen-bond acceptors (Lipinski definition) is 3. The summed E-state index contributed by atoms with van der Waals surface area (Å²) in [6, 6.07) is 10.2. The van der Waals surface area contributed by atoms with Crippen LogP contribution >= 0.6 is 0 Å². The Balaban J connectivity index is 1.42. The highest BCUT2D eigenvalue weighted by atomic mass is 16.2. The Morgan fingerprint density at radius 2 is 1.92 bits per heavy atom. The number of piperidine rings is 1. The van der Waals surface area contributed by atoms with Crippen molar-refractivity contribution in [3.05, 3.63) is 35.9 Å². The lowest BCUT2D eigenvalue weighted by atomic mass is 9.95. The third-order valence-electron chi connectivity index (χ3n) is 5.08. The van der Waals surface area contributed by atoms with Gasteiger partial charge in [-0.15, -0.1) is 0 Å². The van der Waals surface area contributed by atoms with Gasteiger partial charge in [-0.3, -0.25) is 9.59 Å². The third kappa shape index (κ3) is 4.35. The van der Waals surface area contributed by atoms with E-state index in [0.29, 0.717) is 18.8 Å². The lowest BCUT2D eigenvalue weighted by Crippen LogP contribution is -2.48. The van der Waals surface area contributed by atoms with Crippen molar-refractivity contribution in [1.29, 1.82) is 0 Å². The van der Waals surface area contributed by atoms with E-state index in [1.807, 2.05) is 11.0 Å². The van der Waals surface area contributed by atoms with E-state index in [1.54, 1.807) is 0 Å². The van der Waals surface area contributed by atoms with Crippen LogP contribution in [0.25, 0.3) is 0 Å². The predicted octanol–water partition coefficient (Wildman–Crippen LogP) is 1.64. The SMILES string of the molecule is CN(Cc1ccccc1)CC1CCN(C(=O)[C@@H]2CCC(=O)N2)CC1. The summed E-state index contributed by atoms with van der Waals surface area (Å²) in [4.78, 5) is 28.0. The maximum Gasteiger partial charge on any atom is 0.245 e. The second-order valence-corrected chi connectivity index (χ2v) is 7.11. The molecule has 0 aromatic heterocycles. The molecule has 2 aliphatic rings. The quantitative estimate of drug-likeness (QED) is 0.893. The van der Waals surface area contributed by atoms with Crippen LogP contribution in [-0.4, -0.2) is 54.3 Å². The largest absolute Gasteiger partial charge is 0.344 e. The molecule has 5 nitrogen and oxygen atoms in total. The van der Waals surface area contributed by atoms with Crippen molar-refractivity contribution >= 4 is 11.8 Å². The summed E-state index contributed by atoms with van der Waals surface area (Å²) >= 11 is 0. The summed E-state index contributed by atoms with van der Waals surface area (Å²) in [6.45, 7) is 3.66. The normalized spacial score (nSPS) is 22.0. The van der Waals surface area contributed by atoms with Crippen LogP contribution in [-0.2, 0) is 16.1 Å². The van der Waals surface area contributed by atoms with E-state index >= 15 is 0 Å². The van der Waals surface area contributed by atoms with E-state index in [2.05, 4.69) is 41.5 Å². The molecule has 1 aromatic rings. The summed E-state index contributed by atoms with van der Waals surface area (Å²) in [5, 5.41) is 2.78. The molecule has 3 rings (SSSR count). The fraction of sp³-hybridized carbons (Fsp3) is 0.579. The van der Waals surface area contributed by atoms with Crippen molar-refractivity contribution < 1.29 is 9.59 Å². The molecule has 2 fully saturated rings. The molecule has 130 valence electrons. The molecule has 0 radical (unpaired) electrons. The highest BCUT2D eigenvalue weighted by Gasteiger charge is 2.32. The lowest BCUT2D eigenvalue weighted by molar-refractivity contribution is -0.135. The van der Waals surface area contributed by atoms with Gasteiger partial charge in [-0.05, 0) is 37.8 Å². The Morgan fingerprint density at radius 3 is 2.54 bits per heavy atom. The van der Waals surface area contributed by atoms with Gasteiger partial charge < -0.3 is 15.1 Å². The number of carbonyl (C=O) groups excluding carboxylic acids is 2. The maximum atomic E-state index is 12.4. The zero-order valence-corrected chi connectivity index (χ0v) is 14.4. The molecule has 24 heavy (non-hydrogen) atoms. The first-order chi connectivity index (χ1) is 11.6. The Bertz CT molecular complexity index is 567. The first-order valence-corrected chi connectivity index (χ1v) is 8.92. The molecule has 1 N–H and O–H groups in total. The Labute approximate surface area is 144 Å². The lowest BCUT2D eigenvalue weighted by Gasteiger charge is -2.35. The molecule has 2 saturated heterocycles. The zero-order chi connectivity index (χ0) is 16.9. The second-order valence-electron chi connectivity index (χ2n) is 7.11. The van der Waals surface area contributed by atoms with Crippen molar-refractivity contribution in [2.75, 3.05) is 26.7 Å². The fourth-order valence-corrected chi connectivity index (χ4v) is 3.76. The molecule has 2 amide bonds. The van der Waals surface area contributed by atoms with E-state index in [4.69, 9.17) is 0 Å². The second kappa shape index (κ2) is 7.79. The van der Waals surface area contributed by atoms with Crippen LogP contribution in [0, 0.1) is 5.92 Å². The maximum absolute atomic E-state index is 12.4. The minimum absolute atomic E-state index is 0.00535. The van der Waals surface area contributed by atoms with E-state index in [0.717, 1.165) is 39.0 Å². The number of amides is 2. The minimum Gasteiger partial charge on any atom is -0.344 e. The Hall–Kier alpha value is -1.88. The van der Waals surface area contributed by atoms with Crippen molar-refractivity contribution in [3.8, 4) is 0 Å². The molecule has 0 unspecified atom stereocenters. The average Bonchev–Trinajstić information content (AvgIpc) is 3.02. The van der Waals surface area contributed by atoms with Crippen molar-refractivity contribution in [1.82, 2.24) is 15.1 Å². The fourth-order valence-electron chi connectivity index (χ4n) is 3.76. The molecule has 2 heterocycles. The van der Waals surface area contributed by atoms with Crippen molar-refractivity contribution in [2.45, 2.75) is 38.3 Å². The van der Waals surface area contributed by atoms with Gasteiger partial charge in [0, 0.05) is 32.6 Å². The standard InChI is InChI=1S/C19H27N3O2/c1-21(13-15-5-3-2-4-6-15)14-16-9-11-22(12-10-16)19(24)17-7-8-18(23)20-17/h2-6,16-17H,7-14H2,1H3,(H,20,23)/t17-/m0/s1. The predicted molar refractivity (Wildman–Crippen MR) is 93.2 cm³/mol. The summed E-state index contributed by atoms with van der Waals surface area (Å²) in [5.41, 5.74) is 1.34. The molecule has 0 spiro atoms. The molecular formula is C19H27N3O2. The van der Waals surface area contributed by atoms with Gasteiger partial charge in [0.05, 0.1) is 0 Å². The number of carbonyl (C=O) groups is 2. The smallest absolute Gasteiger partial charge is 0.245 e. The van der Waals surface area contributed by atoms with Crippen LogP contribution in [0.3, 0.4) is 0 Å². The molecule has 0 saturated carbocycles. The number of nitrogens with one attached hydrogen (secondary N) is 1. The van der Waals surface area contributed by atoms with Crippen molar-refractivity contribution in [3.63, 3.8) is 0 Å². The summed E-state index contributed by atoms with van der Waals surface area (Å²) < 4.78 is 0. The van der Waals surface area contributed by atoms with Gasteiger partial charge >= 0.3 is 0 Å². The van der Waals surface area contributed by atoms with Gasteiger partial charge in [0.1, 0.15) is 6.04 Å². The van der Waals surface area contributed by atoms with E-state index in [-0.39, 0.29) is 17.9 Å². The molecule has 0 bridgehead atoms. The number of likely N-dealkylation sites (tertiary alicyclic amines) is 1. The Kier molecular flexibility index (Phi) is 5.51. The van der Waals surface area contributed by atoms with Gasteiger partial charge in [0.25, 0.3) is 0 Å². The minimum atomic E-state index is -0.283. The molecular weight excluding hydrogens is 302 g/mol. The topological polar surface area (TPSA) is 52.7 Å². The highest BCUT2D eigenvalue weighted by Crippen LogP contribution is 2.21. The molecule has 1 aromatic carbocycles. The molecule has 2 aliphatic heterocycles. The molecule has 5 heteroatoms. The zero-order valence-electron chi connectivity index (χ0n) is 14.4. The molecule has 1 atom stereocenters. The van der Waals surface area contributed by atoms with Crippen LogP contribution in [0.1, 0.15) is 31.2 Å². The number of hydrogen-bond donors (Lipinski definition) is 1. The van der Waals surface area contributed by atoms with Crippen LogP contribution in [0.2, 0.25) is 0 Å². The summed E-state index contributed by atoms with van der Waals surface area (Å²) in [6.07, 6.45) is 3.23. The van der Waals surface area contributed by atoms with E-state index in [9.17, 15) is 9.59 Å². The Morgan fingerprint density at radius 1 is 1.21 bits per heavy atom. The van der Waals surface area contributed by atoms with E-state index < -0.39 is 0 Å². The van der Waals surface area contributed by atoms with Crippen LogP contribution in [0.15, 0.2) is 30.3 Å². The summed E-state index contributed by atoms with van der Waals surface area (Å²) in [5.74, 6) is 0.753. The highest BCUT2D eigenvalue weighted by molar-refractivity contribution is 5.90. The van der Waals surface area contributed by atoms with E-state index in [1.165, 1.54) is 5.56 Å². The van der Waals surface area contributed by atoms with Crippen molar-refractivity contribution in [2.24, 2.45) is 5.92 Å². The van der Waals surface area contributed by atoms with Gasteiger partial charge in [-0.25, -0.2) is 0 Å². The summed E-state index contributed by atoms with van der Waals surface area (Å²) in [7, 11) is 2.17. The first kappa shape index (κ1) is 17.0. The molecule has 0 aliphatic carbocycles.